The third-order valence-corrected chi connectivity index (χ3v) is 10.7. The van der Waals surface area contributed by atoms with E-state index in [0.29, 0.717) is 12.1 Å². The van der Waals surface area contributed by atoms with E-state index in [1.165, 1.54) is 0 Å². The van der Waals surface area contributed by atoms with Gasteiger partial charge in [-0.15, -0.1) is 11.8 Å². The number of benzene rings is 2. The van der Waals surface area contributed by atoms with Gasteiger partial charge in [-0.3, -0.25) is 14.4 Å². The van der Waals surface area contributed by atoms with Crippen molar-refractivity contribution < 1.29 is 19.5 Å². The first-order valence-electron chi connectivity index (χ1n) is 12.2. The second kappa shape index (κ2) is 9.84. The molecule has 3 heterocycles. The van der Waals surface area contributed by atoms with E-state index in [2.05, 4.69) is 26.6 Å². The van der Waals surface area contributed by atoms with E-state index in [0.717, 1.165) is 5.56 Å². The zero-order valence-corrected chi connectivity index (χ0v) is 22.5. The lowest BCUT2D eigenvalue weighted by Crippen LogP contribution is -2.56. The fourth-order valence-electron chi connectivity index (χ4n) is 6.14. The smallest absolute Gasteiger partial charge is 0.244 e. The molecule has 0 radical (unpaired) electrons. The summed E-state index contributed by atoms with van der Waals surface area (Å²) < 4.78 is -0.768. The van der Waals surface area contributed by atoms with Gasteiger partial charge >= 0.3 is 0 Å². The molecule has 1 spiro atoms. The minimum atomic E-state index is -0.806. The molecule has 3 saturated heterocycles. The molecule has 2 bridgehead atoms. The van der Waals surface area contributed by atoms with Gasteiger partial charge in [0.2, 0.25) is 17.7 Å². The number of aliphatic hydroxyl groups is 1. The maximum absolute atomic E-state index is 14.2. The molecule has 2 aromatic carbocycles. The summed E-state index contributed by atoms with van der Waals surface area (Å²) in [5, 5.41) is 16.3. The Kier molecular flexibility index (Phi) is 6.91. The molecular weight excluding hydrogens is 542 g/mol. The zero-order valence-electron chi connectivity index (χ0n) is 20.1. The van der Waals surface area contributed by atoms with Crippen molar-refractivity contribution in [3.63, 3.8) is 0 Å². The summed E-state index contributed by atoms with van der Waals surface area (Å²) in [5.41, 5.74) is 1.43. The predicted octanol–water partition coefficient (Wildman–Crippen LogP) is 3.35. The van der Waals surface area contributed by atoms with Crippen LogP contribution in [-0.2, 0) is 14.4 Å². The first-order chi connectivity index (χ1) is 17.3. The van der Waals surface area contributed by atoms with Crippen LogP contribution in [0, 0.1) is 11.8 Å². The van der Waals surface area contributed by atoms with E-state index in [1.807, 2.05) is 74.5 Å². The normalized spacial score (nSPS) is 31.4. The minimum absolute atomic E-state index is 0.0170. The van der Waals surface area contributed by atoms with E-state index in [4.69, 9.17) is 0 Å². The SMILES string of the molecule is CC(C)NC(=O)C1N([C@H](CO)c2ccccc2)C(=O)[C@@H]2[C@@H](C(=O)Nc3ccccc3)[C@@H]3SC12CC3Br. The molecule has 7 nitrogen and oxygen atoms in total. The number of aliphatic hydroxyl groups excluding tert-OH is 1. The molecular formula is C27H30BrN3O4S. The van der Waals surface area contributed by atoms with Crippen LogP contribution < -0.4 is 10.6 Å². The highest BCUT2D eigenvalue weighted by molar-refractivity contribution is 9.09. The summed E-state index contributed by atoms with van der Waals surface area (Å²) in [6.45, 7) is 3.45. The number of halogens is 1. The molecule has 3 unspecified atom stereocenters. The quantitative estimate of drug-likeness (QED) is 0.443. The monoisotopic (exact) mass is 571 g/mol. The molecule has 0 aromatic heterocycles. The van der Waals surface area contributed by atoms with Crippen LogP contribution in [0.1, 0.15) is 31.9 Å². The molecule has 36 heavy (non-hydrogen) atoms. The van der Waals surface area contributed by atoms with Gasteiger partial charge < -0.3 is 20.6 Å². The average molecular weight is 573 g/mol. The first-order valence-corrected chi connectivity index (χ1v) is 14.0. The second-order valence-electron chi connectivity index (χ2n) is 10.0. The molecule has 9 heteroatoms. The second-order valence-corrected chi connectivity index (χ2v) is 12.8. The molecule has 0 saturated carbocycles. The van der Waals surface area contributed by atoms with Crippen LogP contribution in [0.4, 0.5) is 5.69 Å². The van der Waals surface area contributed by atoms with Gasteiger partial charge in [0.05, 0.1) is 29.2 Å². The molecule has 3 fully saturated rings. The number of carbonyl (C=O) groups excluding carboxylic acids is 3. The number of rotatable bonds is 7. The van der Waals surface area contributed by atoms with E-state index >= 15 is 0 Å². The Hall–Kier alpha value is -2.36. The summed E-state index contributed by atoms with van der Waals surface area (Å²) in [4.78, 5) is 43.2. The largest absolute Gasteiger partial charge is 0.394 e. The number of likely N-dealkylation sites (tertiary alicyclic amines) is 1. The van der Waals surface area contributed by atoms with E-state index in [-0.39, 0.29) is 40.4 Å². The number of anilines is 1. The van der Waals surface area contributed by atoms with E-state index < -0.39 is 28.7 Å². The number of thioether (sulfide) groups is 1. The standard InChI is InChI=1S/C27H30BrN3O4S/c1-15(2)29-25(34)23-27-13-18(28)22(36-27)20(24(33)30-17-11-7-4-8-12-17)21(27)26(35)31(23)19(14-32)16-9-5-3-6-10-16/h3-12,15,18-23,32H,13-14H2,1-2H3,(H,29,34)(H,30,33)/t18?,19-,20-,21+,22-,23?,27?/m1/s1. The Morgan fingerprint density at radius 1 is 1.11 bits per heavy atom. The Bertz CT molecular complexity index is 1150. The maximum Gasteiger partial charge on any atom is 0.244 e. The fraction of sp³-hybridized carbons (Fsp3) is 0.444. The summed E-state index contributed by atoms with van der Waals surface area (Å²) >= 11 is 5.36. The molecule has 3 amide bonds. The molecule has 190 valence electrons. The summed E-state index contributed by atoms with van der Waals surface area (Å²) in [5.74, 6) is -1.97. The molecule has 5 rings (SSSR count). The van der Waals surface area contributed by atoms with Crippen molar-refractivity contribution in [2.24, 2.45) is 11.8 Å². The minimum Gasteiger partial charge on any atom is -0.394 e. The number of nitrogens with zero attached hydrogens (tertiary/aromatic N) is 1. The van der Waals surface area contributed by atoms with Crippen molar-refractivity contribution in [1.82, 2.24) is 10.2 Å². The van der Waals surface area contributed by atoms with Gasteiger partial charge in [0, 0.05) is 21.8 Å². The number of nitrogens with one attached hydrogen (secondary N) is 2. The van der Waals surface area contributed by atoms with Crippen molar-refractivity contribution >= 4 is 51.1 Å². The molecule has 2 aromatic rings. The van der Waals surface area contributed by atoms with Gasteiger partial charge in [0.25, 0.3) is 0 Å². The highest BCUT2D eigenvalue weighted by atomic mass is 79.9. The average Bonchev–Trinajstić information content (AvgIpc) is 3.44. The van der Waals surface area contributed by atoms with Gasteiger partial charge in [-0.05, 0) is 38.0 Å². The maximum atomic E-state index is 14.2. The van der Waals surface area contributed by atoms with Crippen LogP contribution in [-0.4, -0.2) is 61.2 Å². The van der Waals surface area contributed by atoms with Gasteiger partial charge in [0.15, 0.2) is 0 Å². The Labute approximate surface area is 223 Å². The fourth-order valence-corrected chi connectivity index (χ4v) is 9.74. The van der Waals surface area contributed by atoms with Crippen molar-refractivity contribution in [3.05, 3.63) is 66.2 Å². The van der Waals surface area contributed by atoms with Crippen LogP contribution in [0.5, 0.6) is 0 Å². The summed E-state index contributed by atoms with van der Waals surface area (Å²) in [6, 6.07) is 16.9. The number of amides is 3. The predicted molar refractivity (Wildman–Crippen MR) is 144 cm³/mol. The Morgan fingerprint density at radius 3 is 2.36 bits per heavy atom. The lowest BCUT2D eigenvalue weighted by molar-refractivity contribution is -0.142. The first kappa shape index (κ1) is 25.3. The highest BCUT2D eigenvalue weighted by Gasteiger charge is 2.76. The molecule has 7 atom stereocenters. The van der Waals surface area contributed by atoms with Gasteiger partial charge in [-0.2, -0.15) is 0 Å². The number of carbonyl (C=O) groups is 3. The third-order valence-electron chi connectivity index (χ3n) is 7.44. The van der Waals surface area contributed by atoms with Gasteiger partial charge in [-0.1, -0.05) is 64.5 Å². The highest BCUT2D eigenvalue weighted by Crippen LogP contribution is 2.68. The Morgan fingerprint density at radius 2 is 1.75 bits per heavy atom. The summed E-state index contributed by atoms with van der Waals surface area (Å²) in [6.07, 6.45) is 0.591. The third kappa shape index (κ3) is 4.05. The van der Waals surface area contributed by atoms with Crippen molar-refractivity contribution in [2.75, 3.05) is 11.9 Å². The lowest BCUT2D eigenvalue weighted by atomic mass is 9.70. The van der Waals surface area contributed by atoms with Crippen LogP contribution in [0.25, 0.3) is 0 Å². The van der Waals surface area contributed by atoms with Crippen molar-refractivity contribution in [1.29, 1.82) is 0 Å². The van der Waals surface area contributed by atoms with Crippen LogP contribution >= 0.6 is 27.7 Å². The summed E-state index contributed by atoms with van der Waals surface area (Å²) in [7, 11) is 0. The van der Waals surface area contributed by atoms with E-state index in [9.17, 15) is 19.5 Å². The number of para-hydroxylation sites is 1. The number of hydrogen-bond donors (Lipinski definition) is 3. The topological polar surface area (TPSA) is 98.7 Å². The lowest BCUT2D eigenvalue weighted by Gasteiger charge is -2.37. The van der Waals surface area contributed by atoms with Crippen LogP contribution in [0.2, 0.25) is 0 Å². The van der Waals surface area contributed by atoms with Crippen molar-refractivity contribution in [2.45, 2.75) is 53.2 Å². The van der Waals surface area contributed by atoms with Crippen molar-refractivity contribution in [3.8, 4) is 0 Å². The number of hydrogen-bond acceptors (Lipinski definition) is 5. The molecule has 0 aliphatic carbocycles. The number of fused-ring (bicyclic) bond motifs is 1. The van der Waals surface area contributed by atoms with E-state index in [1.54, 1.807) is 16.7 Å². The van der Waals surface area contributed by atoms with Gasteiger partial charge in [0.1, 0.15) is 6.04 Å². The van der Waals surface area contributed by atoms with Crippen LogP contribution in [0.15, 0.2) is 60.7 Å². The molecule has 3 aliphatic heterocycles. The van der Waals surface area contributed by atoms with Crippen LogP contribution in [0.3, 0.4) is 0 Å². The molecule has 3 N–H and O–H groups in total. The molecule has 3 aliphatic rings. The number of alkyl halides is 1. The van der Waals surface area contributed by atoms with Gasteiger partial charge in [-0.25, -0.2) is 0 Å². The zero-order chi connectivity index (χ0) is 25.6. The Balaban J connectivity index is 1.58.